The first-order valence-electron chi connectivity index (χ1n) is 5.54. The maximum Gasteiger partial charge on any atom is 0.254 e. The standard InChI is InChI=1S/C12H13IN2O.ClH/c13-9-3-1-8(2-4-9)12(16)15-7-10-5-11(15)6-14-10;/h1-4,10-11,14H,5-7H2;1H/t10-,11-;/m0./s1. The lowest BCUT2D eigenvalue weighted by Crippen LogP contribution is -2.46. The van der Waals surface area contributed by atoms with Crippen LogP contribution in [0.2, 0.25) is 0 Å². The van der Waals surface area contributed by atoms with E-state index in [0.717, 1.165) is 25.1 Å². The molecule has 2 aliphatic heterocycles. The third-order valence-corrected chi connectivity index (χ3v) is 4.13. The SMILES string of the molecule is Cl.O=C(c1ccc(I)cc1)N1C[C@@H]2C[C@H]1CN2. The Morgan fingerprint density at radius 1 is 1.35 bits per heavy atom. The van der Waals surface area contributed by atoms with Gasteiger partial charge in [0.25, 0.3) is 5.91 Å². The van der Waals surface area contributed by atoms with Gasteiger partial charge in [-0.15, -0.1) is 12.4 Å². The Balaban J connectivity index is 0.00000108. The van der Waals surface area contributed by atoms with Crippen LogP contribution in [-0.4, -0.2) is 36.0 Å². The number of benzene rings is 1. The highest BCUT2D eigenvalue weighted by Crippen LogP contribution is 2.25. The number of hydrogen-bond acceptors (Lipinski definition) is 2. The third kappa shape index (κ3) is 2.44. The number of halogens is 2. The molecule has 0 saturated carbocycles. The van der Waals surface area contributed by atoms with Crippen molar-refractivity contribution in [2.75, 3.05) is 13.1 Å². The van der Waals surface area contributed by atoms with E-state index >= 15 is 0 Å². The molecule has 1 aromatic carbocycles. The van der Waals surface area contributed by atoms with Crippen molar-refractivity contribution in [3.05, 3.63) is 33.4 Å². The normalized spacial score (nSPS) is 25.8. The minimum absolute atomic E-state index is 0. The van der Waals surface area contributed by atoms with E-state index in [0.29, 0.717) is 12.1 Å². The predicted octanol–water partition coefficient (Wildman–Crippen LogP) is 1.90. The van der Waals surface area contributed by atoms with Gasteiger partial charge in [-0.05, 0) is 53.3 Å². The van der Waals surface area contributed by atoms with Crippen molar-refractivity contribution in [1.29, 1.82) is 0 Å². The predicted molar refractivity (Wildman–Crippen MR) is 77.6 cm³/mol. The fourth-order valence-electron chi connectivity index (χ4n) is 2.57. The summed E-state index contributed by atoms with van der Waals surface area (Å²) in [7, 11) is 0. The summed E-state index contributed by atoms with van der Waals surface area (Å²) >= 11 is 2.25. The minimum atomic E-state index is 0. The summed E-state index contributed by atoms with van der Waals surface area (Å²) in [5.41, 5.74) is 0.813. The van der Waals surface area contributed by atoms with E-state index in [1.165, 1.54) is 3.57 Å². The van der Waals surface area contributed by atoms with Gasteiger partial charge < -0.3 is 10.2 Å². The largest absolute Gasteiger partial charge is 0.333 e. The van der Waals surface area contributed by atoms with E-state index in [4.69, 9.17) is 0 Å². The topological polar surface area (TPSA) is 32.3 Å². The lowest BCUT2D eigenvalue weighted by atomic mass is 10.2. The Kier molecular flexibility index (Phi) is 3.95. The van der Waals surface area contributed by atoms with Crippen LogP contribution in [0.1, 0.15) is 16.8 Å². The Labute approximate surface area is 120 Å². The van der Waals surface area contributed by atoms with E-state index in [-0.39, 0.29) is 18.3 Å². The number of fused-ring (bicyclic) bond motifs is 2. The van der Waals surface area contributed by atoms with Gasteiger partial charge in [0.15, 0.2) is 0 Å². The molecule has 1 N–H and O–H groups in total. The van der Waals surface area contributed by atoms with Gasteiger partial charge in [0.1, 0.15) is 0 Å². The highest BCUT2D eigenvalue weighted by atomic mass is 127. The van der Waals surface area contributed by atoms with Crippen LogP contribution in [0.5, 0.6) is 0 Å². The van der Waals surface area contributed by atoms with Crippen LogP contribution in [0.3, 0.4) is 0 Å². The summed E-state index contributed by atoms with van der Waals surface area (Å²) in [4.78, 5) is 14.3. The third-order valence-electron chi connectivity index (χ3n) is 3.41. The monoisotopic (exact) mass is 364 g/mol. The van der Waals surface area contributed by atoms with Gasteiger partial charge in [0.2, 0.25) is 0 Å². The van der Waals surface area contributed by atoms with Gasteiger partial charge in [0.05, 0.1) is 0 Å². The molecule has 0 aromatic heterocycles. The zero-order chi connectivity index (χ0) is 11.1. The molecule has 3 nitrogen and oxygen atoms in total. The average molecular weight is 365 g/mol. The minimum Gasteiger partial charge on any atom is -0.333 e. The number of nitrogens with zero attached hydrogens (tertiary/aromatic N) is 1. The number of hydrogen-bond donors (Lipinski definition) is 1. The summed E-state index contributed by atoms with van der Waals surface area (Å²) in [5, 5.41) is 3.41. The zero-order valence-electron chi connectivity index (χ0n) is 9.23. The van der Waals surface area contributed by atoms with E-state index in [1.807, 2.05) is 29.2 Å². The summed E-state index contributed by atoms with van der Waals surface area (Å²) in [5.74, 6) is 0.186. The first-order chi connectivity index (χ1) is 7.74. The summed E-state index contributed by atoms with van der Waals surface area (Å²) in [6, 6.07) is 8.75. The molecule has 3 rings (SSSR count). The molecular weight excluding hydrogens is 351 g/mol. The molecule has 0 unspecified atom stereocenters. The van der Waals surface area contributed by atoms with Crippen LogP contribution in [0, 0.1) is 3.57 Å². The van der Waals surface area contributed by atoms with Crippen molar-refractivity contribution in [3.63, 3.8) is 0 Å². The maximum absolute atomic E-state index is 12.2. The molecule has 2 aliphatic rings. The van der Waals surface area contributed by atoms with E-state index in [9.17, 15) is 4.79 Å². The van der Waals surface area contributed by atoms with Crippen molar-refractivity contribution < 1.29 is 4.79 Å². The molecule has 2 bridgehead atoms. The maximum atomic E-state index is 12.2. The molecule has 92 valence electrons. The Hall–Kier alpha value is -0.330. The molecule has 5 heteroatoms. The van der Waals surface area contributed by atoms with Crippen LogP contribution in [0.25, 0.3) is 0 Å². The average Bonchev–Trinajstić information content (AvgIpc) is 2.91. The summed E-state index contributed by atoms with van der Waals surface area (Å²) in [6.45, 7) is 1.83. The van der Waals surface area contributed by atoms with Crippen molar-refractivity contribution in [2.45, 2.75) is 18.5 Å². The van der Waals surface area contributed by atoms with Crippen molar-refractivity contribution in [3.8, 4) is 0 Å². The zero-order valence-corrected chi connectivity index (χ0v) is 12.2. The number of carbonyl (C=O) groups excluding carboxylic acids is 1. The number of likely N-dealkylation sites (tertiary alicyclic amines) is 1. The number of nitrogens with one attached hydrogen (secondary N) is 1. The molecule has 2 heterocycles. The van der Waals surface area contributed by atoms with Crippen LogP contribution in [-0.2, 0) is 0 Å². The molecule has 2 fully saturated rings. The first kappa shape index (κ1) is 13.1. The number of carbonyl (C=O) groups is 1. The van der Waals surface area contributed by atoms with Gasteiger partial charge in [-0.2, -0.15) is 0 Å². The Bertz CT molecular complexity index is 423. The quantitative estimate of drug-likeness (QED) is 0.772. The molecule has 2 atom stereocenters. The van der Waals surface area contributed by atoms with Crippen molar-refractivity contribution in [2.24, 2.45) is 0 Å². The molecule has 0 radical (unpaired) electrons. The molecule has 0 spiro atoms. The van der Waals surface area contributed by atoms with Crippen molar-refractivity contribution in [1.82, 2.24) is 10.2 Å². The van der Waals surface area contributed by atoms with Crippen molar-refractivity contribution >= 4 is 40.9 Å². The fourth-order valence-corrected chi connectivity index (χ4v) is 2.93. The van der Waals surface area contributed by atoms with Gasteiger partial charge in [-0.3, -0.25) is 4.79 Å². The number of amides is 1. The van der Waals surface area contributed by atoms with Crippen LogP contribution < -0.4 is 5.32 Å². The van der Waals surface area contributed by atoms with Gasteiger partial charge in [-0.1, -0.05) is 0 Å². The van der Waals surface area contributed by atoms with E-state index < -0.39 is 0 Å². The fraction of sp³-hybridized carbons (Fsp3) is 0.417. The molecule has 17 heavy (non-hydrogen) atoms. The second-order valence-electron chi connectivity index (χ2n) is 4.46. The lowest BCUT2D eigenvalue weighted by molar-refractivity contribution is 0.0716. The summed E-state index contributed by atoms with van der Waals surface area (Å²) < 4.78 is 1.17. The lowest BCUT2D eigenvalue weighted by Gasteiger charge is -2.27. The smallest absolute Gasteiger partial charge is 0.254 e. The van der Waals surface area contributed by atoms with E-state index in [2.05, 4.69) is 27.9 Å². The second kappa shape index (κ2) is 5.12. The molecule has 2 saturated heterocycles. The van der Waals surface area contributed by atoms with Crippen LogP contribution in [0.15, 0.2) is 24.3 Å². The highest BCUT2D eigenvalue weighted by Gasteiger charge is 2.40. The number of rotatable bonds is 1. The Morgan fingerprint density at radius 2 is 2.06 bits per heavy atom. The van der Waals surface area contributed by atoms with E-state index in [1.54, 1.807) is 0 Å². The number of piperazine rings is 1. The summed E-state index contributed by atoms with van der Waals surface area (Å²) in [6.07, 6.45) is 1.12. The first-order valence-corrected chi connectivity index (χ1v) is 6.62. The molecule has 1 aromatic rings. The van der Waals surface area contributed by atoms with Gasteiger partial charge in [-0.25, -0.2) is 0 Å². The van der Waals surface area contributed by atoms with Gasteiger partial charge in [0, 0.05) is 34.3 Å². The van der Waals surface area contributed by atoms with Crippen LogP contribution >= 0.6 is 35.0 Å². The second-order valence-corrected chi connectivity index (χ2v) is 5.70. The molecule has 0 aliphatic carbocycles. The van der Waals surface area contributed by atoms with Crippen LogP contribution in [0.4, 0.5) is 0 Å². The molecule has 1 amide bonds. The highest BCUT2D eigenvalue weighted by molar-refractivity contribution is 14.1. The Morgan fingerprint density at radius 3 is 2.59 bits per heavy atom. The van der Waals surface area contributed by atoms with Gasteiger partial charge >= 0.3 is 0 Å². The molecular formula is C12H14ClIN2O.